The number of aliphatic hydroxyl groups is 1. The highest BCUT2D eigenvalue weighted by atomic mass is 79.9. The zero-order chi connectivity index (χ0) is 27.5. The van der Waals surface area contributed by atoms with Gasteiger partial charge in [0, 0.05) is 15.8 Å². The summed E-state index contributed by atoms with van der Waals surface area (Å²) in [4.78, 5) is 28.0. The number of aromatic nitrogens is 2. The molecule has 0 radical (unpaired) electrons. The van der Waals surface area contributed by atoms with Crippen LogP contribution < -0.4 is 9.64 Å². The summed E-state index contributed by atoms with van der Waals surface area (Å²) < 4.78 is 20.2. The summed E-state index contributed by atoms with van der Waals surface area (Å²) in [6.07, 6.45) is 0. The first-order valence-corrected chi connectivity index (χ1v) is 14.5. The molecule has 1 aliphatic rings. The van der Waals surface area contributed by atoms with E-state index in [4.69, 9.17) is 4.74 Å². The molecular formula is C28H21BrFN3O4S2. The van der Waals surface area contributed by atoms with Crippen LogP contribution in [0.4, 0.5) is 9.52 Å². The Hall–Kier alpha value is -3.54. The molecule has 39 heavy (non-hydrogen) atoms. The molecule has 1 fully saturated rings. The van der Waals surface area contributed by atoms with Crippen LogP contribution in [0.25, 0.3) is 5.76 Å². The van der Waals surface area contributed by atoms with Gasteiger partial charge in [0.05, 0.1) is 18.2 Å². The van der Waals surface area contributed by atoms with Crippen molar-refractivity contribution in [1.29, 1.82) is 0 Å². The number of halogens is 2. The Morgan fingerprint density at radius 3 is 2.41 bits per heavy atom. The highest BCUT2D eigenvalue weighted by Gasteiger charge is 2.48. The summed E-state index contributed by atoms with van der Waals surface area (Å²) in [5, 5.41) is 19.9. The van der Waals surface area contributed by atoms with Gasteiger partial charge in [-0.05, 0) is 54.4 Å². The summed E-state index contributed by atoms with van der Waals surface area (Å²) in [5.41, 5.74) is 1.87. The van der Waals surface area contributed by atoms with Crippen molar-refractivity contribution < 1.29 is 23.8 Å². The van der Waals surface area contributed by atoms with Gasteiger partial charge in [0.2, 0.25) is 5.13 Å². The number of carbonyl (C=O) groups is 2. The lowest BCUT2D eigenvalue weighted by molar-refractivity contribution is -0.132. The summed E-state index contributed by atoms with van der Waals surface area (Å²) in [6.45, 7) is 2.37. The Bertz CT molecular complexity index is 1540. The van der Waals surface area contributed by atoms with Crippen LogP contribution in [0.15, 0.2) is 87.2 Å². The minimum Gasteiger partial charge on any atom is -0.507 e. The van der Waals surface area contributed by atoms with Gasteiger partial charge in [-0.25, -0.2) is 4.39 Å². The largest absolute Gasteiger partial charge is 0.507 e. The van der Waals surface area contributed by atoms with Crippen LogP contribution in [0.3, 0.4) is 0 Å². The average Bonchev–Trinajstić information content (AvgIpc) is 3.51. The summed E-state index contributed by atoms with van der Waals surface area (Å²) >= 11 is 5.92. The van der Waals surface area contributed by atoms with E-state index in [1.807, 2.05) is 6.92 Å². The maximum absolute atomic E-state index is 13.4. The second-order valence-electron chi connectivity index (χ2n) is 8.44. The van der Waals surface area contributed by atoms with Gasteiger partial charge >= 0.3 is 5.91 Å². The Balaban J connectivity index is 1.52. The maximum Gasteiger partial charge on any atom is 0.301 e. The number of nitrogens with zero attached hydrogens (tertiary/aromatic N) is 3. The first-order valence-electron chi connectivity index (χ1n) is 11.9. The maximum atomic E-state index is 13.4. The molecule has 11 heteroatoms. The quantitative estimate of drug-likeness (QED) is 0.0760. The molecule has 1 saturated heterocycles. The van der Waals surface area contributed by atoms with E-state index in [2.05, 4.69) is 26.1 Å². The van der Waals surface area contributed by atoms with E-state index in [1.165, 1.54) is 28.8 Å². The molecule has 0 bridgehead atoms. The summed E-state index contributed by atoms with van der Waals surface area (Å²) in [6, 6.07) is 19.1. The fourth-order valence-corrected chi connectivity index (χ4v) is 6.19. The number of hydrogen-bond acceptors (Lipinski definition) is 8. The molecule has 2 heterocycles. The lowest BCUT2D eigenvalue weighted by Gasteiger charge is -2.22. The molecule has 1 atom stereocenters. The number of hydrogen-bond donors (Lipinski definition) is 1. The zero-order valence-corrected chi connectivity index (χ0v) is 23.7. The number of rotatable bonds is 8. The minimum absolute atomic E-state index is 0.0396. The van der Waals surface area contributed by atoms with Crippen LogP contribution in [0.5, 0.6) is 5.75 Å². The number of aliphatic hydroxyl groups excluding tert-OH is 1. The third kappa shape index (κ3) is 5.75. The van der Waals surface area contributed by atoms with Gasteiger partial charge in [-0.2, -0.15) is 0 Å². The number of ether oxygens (including phenoxy) is 1. The molecular weight excluding hydrogens is 605 g/mol. The van der Waals surface area contributed by atoms with Crippen molar-refractivity contribution in [3.05, 3.63) is 105 Å². The van der Waals surface area contributed by atoms with Crippen LogP contribution in [-0.2, 0) is 15.3 Å². The fraction of sp³-hybridized carbons (Fsp3) is 0.143. The number of ketones is 1. The van der Waals surface area contributed by atoms with Crippen LogP contribution in [0, 0.1) is 5.82 Å². The van der Waals surface area contributed by atoms with Gasteiger partial charge in [0.15, 0.2) is 4.34 Å². The Kier molecular flexibility index (Phi) is 8.10. The number of Topliss-reactive ketones (excluding diaryl/α,β-unsaturated/α-hetero) is 1. The lowest BCUT2D eigenvalue weighted by atomic mass is 9.95. The second kappa shape index (κ2) is 11.7. The molecule has 0 aliphatic carbocycles. The van der Waals surface area contributed by atoms with Gasteiger partial charge < -0.3 is 9.84 Å². The van der Waals surface area contributed by atoms with Crippen LogP contribution in [0.1, 0.15) is 29.7 Å². The van der Waals surface area contributed by atoms with Crippen molar-refractivity contribution in [3.8, 4) is 5.75 Å². The molecule has 7 nitrogen and oxygen atoms in total. The van der Waals surface area contributed by atoms with E-state index >= 15 is 0 Å². The van der Waals surface area contributed by atoms with Crippen LogP contribution in [-0.4, -0.2) is 33.6 Å². The van der Waals surface area contributed by atoms with Crippen molar-refractivity contribution in [3.63, 3.8) is 0 Å². The number of carbonyl (C=O) groups excluding carboxylic acids is 2. The molecule has 5 rings (SSSR count). The van der Waals surface area contributed by atoms with Crippen molar-refractivity contribution in [1.82, 2.24) is 10.2 Å². The predicted octanol–water partition coefficient (Wildman–Crippen LogP) is 6.76. The molecule has 4 aromatic rings. The molecule has 1 aliphatic heterocycles. The molecule has 0 spiro atoms. The van der Waals surface area contributed by atoms with Gasteiger partial charge in [-0.15, -0.1) is 10.2 Å². The van der Waals surface area contributed by atoms with Gasteiger partial charge in [-0.3, -0.25) is 14.5 Å². The minimum atomic E-state index is -0.924. The van der Waals surface area contributed by atoms with Gasteiger partial charge in [-0.1, -0.05) is 75.4 Å². The molecule has 3 aromatic carbocycles. The predicted molar refractivity (Wildman–Crippen MR) is 152 cm³/mol. The third-order valence-corrected chi connectivity index (χ3v) is 8.60. The van der Waals surface area contributed by atoms with Crippen molar-refractivity contribution in [2.75, 3.05) is 11.5 Å². The highest BCUT2D eigenvalue weighted by Crippen LogP contribution is 2.44. The van der Waals surface area contributed by atoms with E-state index in [1.54, 1.807) is 60.7 Å². The van der Waals surface area contributed by atoms with E-state index < -0.39 is 17.7 Å². The molecule has 1 amide bonds. The number of amides is 1. The van der Waals surface area contributed by atoms with Crippen LogP contribution in [0.2, 0.25) is 0 Å². The Morgan fingerprint density at radius 2 is 1.74 bits per heavy atom. The van der Waals surface area contributed by atoms with E-state index in [9.17, 15) is 19.1 Å². The molecule has 1 aromatic heterocycles. The smallest absolute Gasteiger partial charge is 0.301 e. The van der Waals surface area contributed by atoms with Crippen molar-refractivity contribution >= 4 is 61.6 Å². The van der Waals surface area contributed by atoms with Gasteiger partial charge in [0.25, 0.3) is 5.78 Å². The first-order chi connectivity index (χ1) is 18.9. The molecule has 198 valence electrons. The normalized spacial score (nSPS) is 16.6. The number of thioether (sulfide) groups is 1. The monoisotopic (exact) mass is 625 g/mol. The Morgan fingerprint density at radius 1 is 1.05 bits per heavy atom. The number of anilines is 1. The van der Waals surface area contributed by atoms with Gasteiger partial charge in [0.1, 0.15) is 17.3 Å². The summed E-state index contributed by atoms with van der Waals surface area (Å²) in [5.74, 6) is -1.04. The van der Waals surface area contributed by atoms with Crippen molar-refractivity contribution in [2.45, 2.75) is 23.1 Å². The van der Waals surface area contributed by atoms with E-state index in [-0.39, 0.29) is 22.3 Å². The average molecular weight is 627 g/mol. The SMILES string of the molecule is CCOc1ccc(C2/C(=C(/O)c3ccc(Br)cc3)C(=O)C(=O)N2c2nnc(SCc3ccc(F)cc3)s2)cc1. The standard InChI is InChI=1S/C28H21BrFN3O4S2/c1-2-37-21-13-7-17(8-14-21)23-22(24(34)18-5-9-19(29)10-6-18)25(35)26(36)33(23)27-31-32-28(39-27)38-15-16-3-11-20(30)12-4-16/h3-14,23,34H,2,15H2,1H3/b24-22-. The topological polar surface area (TPSA) is 92.6 Å². The highest BCUT2D eigenvalue weighted by molar-refractivity contribution is 9.10. The zero-order valence-electron chi connectivity index (χ0n) is 20.5. The second-order valence-corrected chi connectivity index (χ2v) is 11.5. The first kappa shape index (κ1) is 27.0. The molecule has 1 unspecified atom stereocenters. The lowest BCUT2D eigenvalue weighted by Crippen LogP contribution is -2.29. The van der Waals surface area contributed by atoms with Crippen molar-refractivity contribution in [2.24, 2.45) is 0 Å². The molecule has 0 saturated carbocycles. The van der Waals surface area contributed by atoms with E-state index in [0.29, 0.717) is 33.6 Å². The summed E-state index contributed by atoms with van der Waals surface area (Å²) in [7, 11) is 0. The van der Waals surface area contributed by atoms with E-state index in [0.717, 1.165) is 21.4 Å². The molecule has 1 N–H and O–H groups in total. The third-order valence-electron chi connectivity index (χ3n) is 5.95. The number of benzene rings is 3. The van der Waals surface area contributed by atoms with Crippen LogP contribution >= 0.6 is 39.0 Å². The Labute approximate surface area is 240 Å². The fourth-order valence-electron chi connectivity index (χ4n) is 4.11.